The predicted molar refractivity (Wildman–Crippen MR) is 64.1 cm³/mol. The summed E-state index contributed by atoms with van der Waals surface area (Å²) < 4.78 is 27.2. The van der Waals surface area contributed by atoms with Crippen molar-refractivity contribution in [3.05, 3.63) is 55.7 Å². The monoisotopic (exact) mass is 292 g/mol. The Kier molecular flexibility index (Phi) is 3.47. The van der Waals surface area contributed by atoms with E-state index in [1.807, 2.05) is 0 Å². The summed E-state index contributed by atoms with van der Waals surface area (Å²) in [7, 11) is 0. The fraction of sp³-hybridized carbons (Fsp3) is 0. The molecule has 0 amide bonds. The molecule has 0 N–H and O–H groups in total. The van der Waals surface area contributed by atoms with Gasteiger partial charge >= 0.3 is 0 Å². The van der Waals surface area contributed by atoms with Crippen LogP contribution in [0.5, 0.6) is 0 Å². The van der Waals surface area contributed by atoms with Gasteiger partial charge in [-0.2, -0.15) is 0 Å². The van der Waals surface area contributed by atoms with Crippen molar-refractivity contribution >= 4 is 40.3 Å². The van der Waals surface area contributed by atoms with Crippen molar-refractivity contribution < 1.29 is 13.6 Å². The first-order valence-electron chi connectivity index (χ1n) is 4.44. The van der Waals surface area contributed by atoms with Crippen molar-refractivity contribution in [1.82, 2.24) is 0 Å². The number of rotatable bonds is 2. The van der Waals surface area contributed by atoms with E-state index in [0.717, 1.165) is 23.5 Å². The zero-order valence-corrected chi connectivity index (χ0v) is 10.5. The van der Waals surface area contributed by atoms with Crippen LogP contribution >= 0.6 is 34.5 Å². The molecule has 0 saturated heterocycles. The maximum atomic E-state index is 13.4. The molecule has 0 fully saturated rings. The summed E-state index contributed by atoms with van der Waals surface area (Å²) in [6, 6.07) is 4.50. The molecule has 2 aromatic rings. The molecule has 1 aromatic heterocycles. The Hall–Kier alpha value is -0.970. The van der Waals surface area contributed by atoms with E-state index in [1.165, 1.54) is 12.1 Å². The second-order valence-corrected chi connectivity index (χ2v) is 5.45. The Morgan fingerprint density at radius 1 is 1.18 bits per heavy atom. The first-order valence-corrected chi connectivity index (χ1v) is 6.01. The second-order valence-electron chi connectivity index (χ2n) is 3.16. The van der Waals surface area contributed by atoms with Crippen LogP contribution in [0.4, 0.5) is 8.78 Å². The Balaban J connectivity index is 2.55. The van der Waals surface area contributed by atoms with Gasteiger partial charge in [-0.25, -0.2) is 8.78 Å². The standard InChI is InChI=1S/C11H4Cl2F2OS/c12-8-4-5(11(13)17-8)10(16)9-6(14)2-1-3-7(9)15/h1-4H. The van der Waals surface area contributed by atoms with Crippen LogP contribution in [-0.4, -0.2) is 5.78 Å². The molecule has 2 rings (SSSR count). The van der Waals surface area contributed by atoms with Gasteiger partial charge in [-0.05, 0) is 18.2 Å². The number of halogens is 4. The van der Waals surface area contributed by atoms with Crippen molar-refractivity contribution in [2.75, 3.05) is 0 Å². The lowest BCUT2D eigenvalue weighted by atomic mass is 10.1. The molecule has 0 saturated carbocycles. The fourth-order valence-corrected chi connectivity index (χ4v) is 2.80. The number of hydrogen-bond donors (Lipinski definition) is 0. The van der Waals surface area contributed by atoms with Gasteiger partial charge in [-0.1, -0.05) is 29.3 Å². The van der Waals surface area contributed by atoms with Gasteiger partial charge in [-0.3, -0.25) is 4.79 Å². The van der Waals surface area contributed by atoms with Crippen LogP contribution in [0.2, 0.25) is 8.67 Å². The summed E-state index contributed by atoms with van der Waals surface area (Å²) in [5.74, 6) is -2.66. The lowest BCUT2D eigenvalue weighted by Gasteiger charge is -2.02. The summed E-state index contributed by atoms with van der Waals surface area (Å²) in [5.41, 5.74) is -0.616. The number of carbonyl (C=O) groups excluding carboxylic acids is 1. The van der Waals surface area contributed by atoms with E-state index in [2.05, 4.69) is 0 Å². The first-order chi connectivity index (χ1) is 8.00. The quantitative estimate of drug-likeness (QED) is 0.742. The van der Waals surface area contributed by atoms with Crippen molar-refractivity contribution in [1.29, 1.82) is 0 Å². The van der Waals surface area contributed by atoms with Gasteiger partial charge in [0.25, 0.3) is 0 Å². The zero-order chi connectivity index (χ0) is 12.6. The topological polar surface area (TPSA) is 17.1 Å². The number of hydrogen-bond acceptors (Lipinski definition) is 2. The Labute approximate surface area is 110 Å². The minimum atomic E-state index is -0.923. The minimum absolute atomic E-state index is 0.00525. The molecule has 0 spiro atoms. The van der Waals surface area contributed by atoms with E-state index in [-0.39, 0.29) is 14.2 Å². The van der Waals surface area contributed by atoms with E-state index in [4.69, 9.17) is 23.2 Å². The third-order valence-electron chi connectivity index (χ3n) is 2.09. The third kappa shape index (κ3) is 2.34. The summed E-state index contributed by atoms with van der Waals surface area (Å²) in [4.78, 5) is 11.9. The number of ketones is 1. The molecule has 0 radical (unpaired) electrons. The van der Waals surface area contributed by atoms with E-state index >= 15 is 0 Å². The first kappa shape index (κ1) is 12.5. The van der Waals surface area contributed by atoms with Crippen molar-refractivity contribution in [2.45, 2.75) is 0 Å². The molecule has 88 valence electrons. The third-order valence-corrected chi connectivity index (χ3v) is 3.58. The molecule has 0 unspecified atom stereocenters. The lowest BCUT2D eigenvalue weighted by Crippen LogP contribution is -2.06. The molecule has 1 nitrogen and oxygen atoms in total. The van der Waals surface area contributed by atoms with Crippen molar-refractivity contribution in [3.8, 4) is 0 Å². The smallest absolute Gasteiger partial charge is 0.201 e. The Morgan fingerprint density at radius 2 is 1.76 bits per heavy atom. The highest BCUT2D eigenvalue weighted by Gasteiger charge is 2.22. The second kappa shape index (κ2) is 4.72. The number of carbonyl (C=O) groups is 1. The fourth-order valence-electron chi connectivity index (χ4n) is 1.34. The summed E-state index contributed by atoms with van der Waals surface area (Å²) in [5, 5.41) is 0. The van der Waals surface area contributed by atoms with Crippen molar-refractivity contribution in [3.63, 3.8) is 0 Å². The van der Waals surface area contributed by atoms with E-state index in [9.17, 15) is 13.6 Å². The minimum Gasteiger partial charge on any atom is -0.288 e. The van der Waals surface area contributed by atoms with Gasteiger partial charge in [0.2, 0.25) is 5.78 Å². The van der Waals surface area contributed by atoms with Gasteiger partial charge in [-0.15, -0.1) is 11.3 Å². The Morgan fingerprint density at radius 3 is 2.24 bits per heavy atom. The largest absolute Gasteiger partial charge is 0.288 e. The van der Waals surface area contributed by atoms with E-state index in [1.54, 1.807) is 0 Å². The van der Waals surface area contributed by atoms with Gasteiger partial charge in [0.15, 0.2) is 0 Å². The lowest BCUT2D eigenvalue weighted by molar-refractivity contribution is 0.103. The van der Waals surface area contributed by atoms with Crippen LogP contribution in [-0.2, 0) is 0 Å². The SMILES string of the molecule is O=C(c1cc(Cl)sc1Cl)c1c(F)cccc1F. The average Bonchev–Trinajstić information content (AvgIpc) is 2.57. The Bertz CT molecular complexity index is 575. The molecule has 6 heteroatoms. The summed E-state index contributed by atoms with van der Waals surface area (Å²) in [6.07, 6.45) is 0. The zero-order valence-electron chi connectivity index (χ0n) is 8.14. The molecular formula is C11H4Cl2F2OS. The molecule has 1 aromatic carbocycles. The molecule has 0 aliphatic heterocycles. The van der Waals surface area contributed by atoms with Gasteiger partial charge in [0, 0.05) is 0 Å². The van der Waals surface area contributed by atoms with Crippen LogP contribution in [0.15, 0.2) is 24.3 Å². The molecule has 0 aliphatic carbocycles. The maximum Gasteiger partial charge on any atom is 0.201 e. The molecule has 0 bridgehead atoms. The maximum absolute atomic E-state index is 13.4. The van der Waals surface area contributed by atoms with Gasteiger partial charge in [0.05, 0.1) is 15.5 Å². The normalized spacial score (nSPS) is 10.6. The molecule has 0 atom stereocenters. The average molecular weight is 293 g/mol. The highest BCUT2D eigenvalue weighted by molar-refractivity contribution is 7.20. The van der Waals surface area contributed by atoms with Crippen LogP contribution < -0.4 is 0 Å². The van der Waals surface area contributed by atoms with Crippen LogP contribution in [0, 0.1) is 11.6 Å². The molecule has 17 heavy (non-hydrogen) atoms. The van der Waals surface area contributed by atoms with Crippen LogP contribution in [0.1, 0.15) is 15.9 Å². The van der Waals surface area contributed by atoms with Crippen LogP contribution in [0.3, 0.4) is 0 Å². The molecule has 1 heterocycles. The van der Waals surface area contributed by atoms with E-state index in [0.29, 0.717) is 0 Å². The highest BCUT2D eigenvalue weighted by Crippen LogP contribution is 2.33. The van der Waals surface area contributed by atoms with Crippen molar-refractivity contribution in [2.24, 2.45) is 0 Å². The predicted octanol–water partition coefficient (Wildman–Crippen LogP) is 4.56. The van der Waals surface area contributed by atoms with Crippen LogP contribution in [0.25, 0.3) is 0 Å². The summed E-state index contributed by atoms with van der Waals surface area (Å²) in [6.45, 7) is 0. The van der Waals surface area contributed by atoms with Gasteiger partial charge < -0.3 is 0 Å². The molecular weight excluding hydrogens is 289 g/mol. The number of benzene rings is 1. The van der Waals surface area contributed by atoms with E-state index < -0.39 is 23.0 Å². The molecule has 0 aliphatic rings. The summed E-state index contributed by atoms with van der Waals surface area (Å²) >= 11 is 12.4. The highest BCUT2D eigenvalue weighted by atomic mass is 35.5. The van der Waals surface area contributed by atoms with Gasteiger partial charge in [0.1, 0.15) is 16.0 Å². The number of thiophene rings is 1.